The molecule has 1 unspecified atom stereocenters. The number of hydrogen-bond donors (Lipinski definition) is 0. The predicted molar refractivity (Wildman–Crippen MR) is 72.9 cm³/mol. The van der Waals surface area contributed by atoms with Crippen LogP contribution in [0, 0.1) is 0 Å². The average molecular weight is 352 g/mol. The summed E-state index contributed by atoms with van der Waals surface area (Å²) in [6.07, 6.45) is -3.26. The molecule has 0 bridgehead atoms. The van der Waals surface area contributed by atoms with Crippen molar-refractivity contribution in [3.63, 3.8) is 0 Å². The fourth-order valence-corrected chi connectivity index (χ4v) is 2.49. The molecule has 0 spiro atoms. The number of methoxy groups -OCH3 is 1. The van der Waals surface area contributed by atoms with E-state index in [0.717, 1.165) is 13.4 Å². The normalized spacial score (nSPS) is 14.0. The van der Waals surface area contributed by atoms with E-state index >= 15 is 0 Å². The summed E-state index contributed by atoms with van der Waals surface area (Å²) in [4.78, 5) is 3.37. The number of nitrogens with zero attached hydrogens (tertiary/aromatic N) is 2. The lowest BCUT2D eigenvalue weighted by Crippen LogP contribution is -2.07. The molecule has 0 aliphatic rings. The third-order valence-electron chi connectivity index (χ3n) is 2.98. The molecule has 0 radical (unpaired) electrons. The Morgan fingerprint density at radius 3 is 2.22 bits per heavy atom. The van der Waals surface area contributed by atoms with E-state index in [4.69, 9.17) is 0 Å². The van der Waals surface area contributed by atoms with Gasteiger partial charge in [0, 0.05) is 25.1 Å². The van der Waals surface area contributed by atoms with Crippen molar-refractivity contribution >= 4 is 9.84 Å². The van der Waals surface area contributed by atoms with Crippen molar-refractivity contribution in [1.29, 1.82) is 0 Å². The molecule has 10 heteroatoms. The highest BCUT2D eigenvalue weighted by Gasteiger charge is 2.36. The standard InChI is InChI=1S/C13H12F4N2O3S/c1-22-12(14)19-7-10(13(15,16)17)18-11(19)8-3-5-9(6-4-8)23(2,20)21/h3-7,12H,1-2H3. The zero-order chi connectivity index (χ0) is 17.4. The Hall–Kier alpha value is -1.94. The summed E-state index contributed by atoms with van der Waals surface area (Å²) in [6, 6.07) is 4.91. The summed E-state index contributed by atoms with van der Waals surface area (Å²) < 4.78 is 79.8. The van der Waals surface area contributed by atoms with Crippen molar-refractivity contribution in [2.75, 3.05) is 13.4 Å². The van der Waals surface area contributed by atoms with E-state index in [1.807, 2.05) is 0 Å². The van der Waals surface area contributed by atoms with E-state index in [-0.39, 0.29) is 16.3 Å². The summed E-state index contributed by atoms with van der Waals surface area (Å²) in [5, 5.41) is 0. The third kappa shape index (κ3) is 3.70. The summed E-state index contributed by atoms with van der Waals surface area (Å²) in [7, 11) is -2.46. The number of ether oxygens (including phenoxy) is 1. The molecule has 2 aromatic rings. The first-order valence-corrected chi connectivity index (χ1v) is 8.06. The second-order valence-electron chi connectivity index (χ2n) is 4.68. The Kier molecular flexibility index (Phi) is 4.49. The molecule has 0 fully saturated rings. The number of sulfone groups is 1. The summed E-state index contributed by atoms with van der Waals surface area (Å²) in [6.45, 7) is -2.16. The summed E-state index contributed by atoms with van der Waals surface area (Å²) in [5.74, 6) is -0.327. The van der Waals surface area contributed by atoms with Crippen LogP contribution in [-0.2, 0) is 20.8 Å². The maximum atomic E-state index is 13.7. The molecular weight excluding hydrogens is 340 g/mol. The number of alkyl halides is 4. The quantitative estimate of drug-likeness (QED) is 0.794. The van der Waals surface area contributed by atoms with E-state index < -0.39 is 28.2 Å². The van der Waals surface area contributed by atoms with Gasteiger partial charge in [0.15, 0.2) is 15.5 Å². The Bertz CT molecular complexity index is 798. The minimum atomic E-state index is -4.75. The van der Waals surface area contributed by atoms with E-state index in [1.165, 1.54) is 24.3 Å². The van der Waals surface area contributed by atoms with Crippen LogP contribution in [0.5, 0.6) is 0 Å². The predicted octanol–water partition coefficient (Wildman–Crippen LogP) is 3.04. The minimum absolute atomic E-state index is 0.0149. The Labute approximate surface area is 129 Å². The number of halogens is 4. The fraction of sp³-hybridized carbons (Fsp3) is 0.308. The molecule has 2 rings (SSSR count). The zero-order valence-corrected chi connectivity index (χ0v) is 12.8. The molecule has 1 heterocycles. The number of rotatable bonds is 4. The van der Waals surface area contributed by atoms with Crippen LogP contribution in [0.15, 0.2) is 35.4 Å². The second kappa shape index (κ2) is 5.93. The van der Waals surface area contributed by atoms with Gasteiger partial charge in [0.1, 0.15) is 5.82 Å². The van der Waals surface area contributed by atoms with Crippen LogP contribution in [0.2, 0.25) is 0 Å². The topological polar surface area (TPSA) is 61.2 Å². The van der Waals surface area contributed by atoms with Gasteiger partial charge in [-0.1, -0.05) is 0 Å². The molecule has 0 N–H and O–H groups in total. The number of imidazole rings is 1. The highest BCUT2D eigenvalue weighted by molar-refractivity contribution is 7.90. The molecular formula is C13H12F4N2O3S. The van der Waals surface area contributed by atoms with Gasteiger partial charge in [0.25, 0.3) is 6.48 Å². The molecule has 0 saturated heterocycles. The molecule has 23 heavy (non-hydrogen) atoms. The first-order chi connectivity index (χ1) is 10.5. The number of aromatic nitrogens is 2. The van der Waals surface area contributed by atoms with Crippen LogP contribution in [-0.4, -0.2) is 31.3 Å². The van der Waals surface area contributed by atoms with Crippen molar-refractivity contribution in [2.24, 2.45) is 0 Å². The molecule has 0 amide bonds. The van der Waals surface area contributed by atoms with Crippen LogP contribution in [0.25, 0.3) is 11.4 Å². The maximum Gasteiger partial charge on any atom is 0.434 e. The third-order valence-corrected chi connectivity index (χ3v) is 4.11. The smallest absolute Gasteiger partial charge is 0.335 e. The summed E-state index contributed by atoms with van der Waals surface area (Å²) >= 11 is 0. The molecule has 1 aromatic carbocycles. The van der Waals surface area contributed by atoms with Gasteiger partial charge in [-0.3, -0.25) is 4.57 Å². The molecule has 0 aliphatic carbocycles. The van der Waals surface area contributed by atoms with Gasteiger partial charge in [0.2, 0.25) is 0 Å². The first-order valence-electron chi connectivity index (χ1n) is 6.17. The number of hydrogen-bond acceptors (Lipinski definition) is 4. The second-order valence-corrected chi connectivity index (χ2v) is 6.69. The molecule has 1 atom stereocenters. The SMILES string of the molecule is COC(F)n1cc(C(F)(F)F)nc1-c1ccc(S(C)(=O)=O)cc1. The highest BCUT2D eigenvalue weighted by Crippen LogP contribution is 2.33. The lowest BCUT2D eigenvalue weighted by atomic mass is 10.2. The van der Waals surface area contributed by atoms with Crippen LogP contribution < -0.4 is 0 Å². The Morgan fingerprint density at radius 1 is 1.22 bits per heavy atom. The van der Waals surface area contributed by atoms with Crippen molar-refractivity contribution in [2.45, 2.75) is 17.6 Å². The van der Waals surface area contributed by atoms with Crippen molar-refractivity contribution < 1.29 is 30.7 Å². The number of benzene rings is 1. The zero-order valence-electron chi connectivity index (χ0n) is 12.0. The van der Waals surface area contributed by atoms with E-state index in [0.29, 0.717) is 10.8 Å². The van der Waals surface area contributed by atoms with Gasteiger partial charge in [-0.15, -0.1) is 0 Å². The molecule has 126 valence electrons. The molecule has 5 nitrogen and oxygen atoms in total. The van der Waals surface area contributed by atoms with Crippen molar-refractivity contribution in [3.05, 3.63) is 36.2 Å². The first kappa shape index (κ1) is 17.4. The van der Waals surface area contributed by atoms with Crippen LogP contribution >= 0.6 is 0 Å². The lowest BCUT2D eigenvalue weighted by Gasteiger charge is -2.11. The van der Waals surface area contributed by atoms with E-state index in [2.05, 4.69) is 9.72 Å². The highest BCUT2D eigenvalue weighted by atomic mass is 32.2. The van der Waals surface area contributed by atoms with Gasteiger partial charge in [-0.05, 0) is 24.3 Å². The minimum Gasteiger partial charge on any atom is -0.335 e. The molecule has 0 aliphatic heterocycles. The van der Waals surface area contributed by atoms with Crippen LogP contribution in [0.3, 0.4) is 0 Å². The van der Waals surface area contributed by atoms with Gasteiger partial charge in [-0.25, -0.2) is 13.4 Å². The largest absolute Gasteiger partial charge is 0.434 e. The van der Waals surface area contributed by atoms with E-state index in [9.17, 15) is 26.0 Å². The van der Waals surface area contributed by atoms with Crippen molar-refractivity contribution in [1.82, 2.24) is 9.55 Å². The Morgan fingerprint density at radius 2 is 1.78 bits per heavy atom. The van der Waals surface area contributed by atoms with Crippen LogP contribution in [0.4, 0.5) is 17.6 Å². The average Bonchev–Trinajstić information content (AvgIpc) is 2.91. The van der Waals surface area contributed by atoms with Gasteiger partial charge >= 0.3 is 6.18 Å². The van der Waals surface area contributed by atoms with Gasteiger partial charge < -0.3 is 4.74 Å². The molecule has 0 saturated carbocycles. The molecule has 1 aromatic heterocycles. The lowest BCUT2D eigenvalue weighted by molar-refractivity contribution is -0.141. The van der Waals surface area contributed by atoms with Gasteiger partial charge in [0.05, 0.1) is 4.90 Å². The summed E-state index contributed by atoms with van der Waals surface area (Å²) in [5.41, 5.74) is -1.16. The fourth-order valence-electron chi connectivity index (χ4n) is 1.86. The van der Waals surface area contributed by atoms with E-state index in [1.54, 1.807) is 0 Å². The van der Waals surface area contributed by atoms with Crippen molar-refractivity contribution in [3.8, 4) is 11.4 Å². The van der Waals surface area contributed by atoms with Gasteiger partial charge in [-0.2, -0.15) is 17.6 Å². The Balaban J connectivity index is 2.55. The monoisotopic (exact) mass is 352 g/mol. The maximum absolute atomic E-state index is 13.7. The van der Waals surface area contributed by atoms with Crippen LogP contribution in [0.1, 0.15) is 12.2 Å².